The van der Waals surface area contributed by atoms with E-state index < -0.39 is 0 Å². The molecule has 2 nitrogen and oxygen atoms in total. The van der Waals surface area contributed by atoms with E-state index >= 15 is 0 Å². The van der Waals surface area contributed by atoms with Crippen molar-refractivity contribution >= 4 is 17.3 Å². The van der Waals surface area contributed by atoms with Gasteiger partial charge in [-0.05, 0) is 24.1 Å². The van der Waals surface area contributed by atoms with Crippen LogP contribution in [0.1, 0.15) is 18.9 Å². The largest absolute Gasteiger partial charge is 0.395 e. The third kappa shape index (κ3) is 3.20. The molecule has 0 atom stereocenters. The first-order chi connectivity index (χ1) is 6.77. The molecule has 0 spiro atoms. The molecule has 0 saturated heterocycles. The topological polar surface area (TPSA) is 32.3 Å². The molecule has 0 aliphatic rings. The lowest BCUT2D eigenvalue weighted by molar-refractivity contribution is 0.311. The van der Waals surface area contributed by atoms with Crippen LogP contribution in [-0.4, -0.2) is 18.3 Å². The van der Waals surface area contributed by atoms with Crippen molar-refractivity contribution in [2.75, 3.05) is 18.5 Å². The highest BCUT2D eigenvalue weighted by molar-refractivity contribution is 6.30. The van der Waals surface area contributed by atoms with E-state index in [2.05, 4.69) is 12.2 Å². The van der Waals surface area contributed by atoms with Crippen LogP contribution in [0.5, 0.6) is 0 Å². The van der Waals surface area contributed by atoms with Gasteiger partial charge >= 0.3 is 0 Å². The minimum Gasteiger partial charge on any atom is -0.395 e. The summed E-state index contributed by atoms with van der Waals surface area (Å²) in [4.78, 5) is 0. The summed E-state index contributed by atoms with van der Waals surface area (Å²) in [5.74, 6) is 0. The smallest absolute Gasteiger partial charge is 0.0604 e. The molecule has 3 heteroatoms. The summed E-state index contributed by atoms with van der Waals surface area (Å²) in [6.07, 6.45) is 2.14. The summed E-state index contributed by atoms with van der Waals surface area (Å²) in [6.45, 7) is 2.85. The van der Waals surface area contributed by atoms with Gasteiger partial charge < -0.3 is 10.4 Å². The van der Waals surface area contributed by atoms with Gasteiger partial charge in [0.25, 0.3) is 0 Å². The third-order valence-corrected chi connectivity index (χ3v) is 2.25. The highest BCUT2D eigenvalue weighted by atomic mass is 35.5. The second-order valence-corrected chi connectivity index (χ2v) is 3.64. The summed E-state index contributed by atoms with van der Waals surface area (Å²) in [7, 11) is 0. The Morgan fingerprint density at radius 3 is 2.86 bits per heavy atom. The van der Waals surface area contributed by atoms with Gasteiger partial charge in [0.2, 0.25) is 0 Å². The van der Waals surface area contributed by atoms with Crippen LogP contribution in [0.4, 0.5) is 5.69 Å². The van der Waals surface area contributed by atoms with Crippen molar-refractivity contribution in [2.24, 2.45) is 0 Å². The van der Waals surface area contributed by atoms with Crippen LogP contribution in [0.25, 0.3) is 0 Å². The van der Waals surface area contributed by atoms with Crippen LogP contribution in [0, 0.1) is 0 Å². The number of aliphatic hydroxyl groups is 1. The Morgan fingerprint density at radius 2 is 2.21 bits per heavy atom. The Kier molecular flexibility index (Phi) is 4.77. The van der Waals surface area contributed by atoms with Crippen LogP contribution in [0.2, 0.25) is 5.02 Å². The molecule has 2 N–H and O–H groups in total. The zero-order valence-corrected chi connectivity index (χ0v) is 9.14. The molecule has 1 aromatic rings. The van der Waals surface area contributed by atoms with E-state index in [0.717, 1.165) is 23.6 Å². The molecule has 0 fully saturated rings. The predicted molar refractivity (Wildman–Crippen MR) is 61.0 cm³/mol. The first kappa shape index (κ1) is 11.3. The van der Waals surface area contributed by atoms with Crippen molar-refractivity contribution in [1.29, 1.82) is 0 Å². The second kappa shape index (κ2) is 5.89. The fraction of sp³-hybridized carbons (Fsp3) is 0.455. The SMILES string of the molecule is CCCc1ccc(Cl)cc1NCCO. The molecule has 14 heavy (non-hydrogen) atoms. The predicted octanol–water partition coefficient (Wildman–Crippen LogP) is 2.70. The molecule has 0 saturated carbocycles. The molecule has 0 aliphatic carbocycles. The monoisotopic (exact) mass is 213 g/mol. The Balaban J connectivity index is 2.79. The number of hydrogen-bond acceptors (Lipinski definition) is 2. The van der Waals surface area contributed by atoms with Gasteiger partial charge in [-0.1, -0.05) is 31.0 Å². The maximum atomic E-state index is 8.72. The Bertz CT molecular complexity index is 289. The van der Waals surface area contributed by atoms with Crippen molar-refractivity contribution in [3.63, 3.8) is 0 Å². The Morgan fingerprint density at radius 1 is 1.43 bits per heavy atom. The first-order valence-electron chi connectivity index (χ1n) is 4.91. The molecule has 78 valence electrons. The molecule has 0 amide bonds. The zero-order chi connectivity index (χ0) is 10.4. The standard InChI is InChI=1S/C11H16ClNO/c1-2-3-9-4-5-10(12)8-11(9)13-6-7-14/h4-5,8,13-14H,2-3,6-7H2,1H3. The van der Waals surface area contributed by atoms with Crippen molar-refractivity contribution in [2.45, 2.75) is 19.8 Å². The third-order valence-electron chi connectivity index (χ3n) is 2.02. The van der Waals surface area contributed by atoms with Gasteiger partial charge in [0.1, 0.15) is 0 Å². The van der Waals surface area contributed by atoms with Crippen LogP contribution in [0.15, 0.2) is 18.2 Å². The van der Waals surface area contributed by atoms with E-state index in [1.54, 1.807) is 0 Å². The van der Waals surface area contributed by atoms with E-state index in [0.29, 0.717) is 6.54 Å². The maximum absolute atomic E-state index is 8.72. The summed E-state index contributed by atoms with van der Waals surface area (Å²) in [5.41, 5.74) is 2.29. The highest BCUT2D eigenvalue weighted by Crippen LogP contribution is 2.22. The van der Waals surface area contributed by atoms with E-state index in [4.69, 9.17) is 16.7 Å². The summed E-state index contributed by atoms with van der Waals surface area (Å²) in [6, 6.07) is 5.84. The van der Waals surface area contributed by atoms with Gasteiger partial charge in [-0.3, -0.25) is 0 Å². The van der Waals surface area contributed by atoms with Crippen LogP contribution < -0.4 is 5.32 Å². The van der Waals surface area contributed by atoms with E-state index in [1.807, 2.05) is 18.2 Å². The Labute approximate surface area is 89.9 Å². The Hall–Kier alpha value is -0.730. The second-order valence-electron chi connectivity index (χ2n) is 3.20. The van der Waals surface area contributed by atoms with Crippen molar-refractivity contribution in [3.8, 4) is 0 Å². The van der Waals surface area contributed by atoms with E-state index in [1.165, 1.54) is 5.56 Å². The molecule has 1 aromatic carbocycles. The van der Waals surface area contributed by atoms with Crippen LogP contribution in [-0.2, 0) is 6.42 Å². The minimum atomic E-state index is 0.137. The summed E-state index contributed by atoms with van der Waals surface area (Å²) < 4.78 is 0. The fourth-order valence-electron chi connectivity index (χ4n) is 1.39. The average molecular weight is 214 g/mol. The minimum absolute atomic E-state index is 0.137. The fourth-order valence-corrected chi connectivity index (χ4v) is 1.56. The lowest BCUT2D eigenvalue weighted by atomic mass is 10.1. The van der Waals surface area contributed by atoms with Crippen molar-refractivity contribution in [1.82, 2.24) is 0 Å². The van der Waals surface area contributed by atoms with Crippen LogP contribution >= 0.6 is 11.6 Å². The number of nitrogens with one attached hydrogen (secondary N) is 1. The molecule has 0 aromatic heterocycles. The first-order valence-corrected chi connectivity index (χ1v) is 5.29. The van der Waals surface area contributed by atoms with E-state index in [9.17, 15) is 0 Å². The summed E-state index contributed by atoms with van der Waals surface area (Å²) >= 11 is 5.89. The van der Waals surface area contributed by atoms with Crippen molar-refractivity contribution < 1.29 is 5.11 Å². The zero-order valence-electron chi connectivity index (χ0n) is 8.39. The average Bonchev–Trinajstić information content (AvgIpc) is 2.18. The van der Waals surface area contributed by atoms with Crippen LogP contribution in [0.3, 0.4) is 0 Å². The van der Waals surface area contributed by atoms with E-state index in [-0.39, 0.29) is 6.61 Å². The van der Waals surface area contributed by atoms with Crippen molar-refractivity contribution in [3.05, 3.63) is 28.8 Å². The molecule has 0 heterocycles. The lowest BCUT2D eigenvalue weighted by Gasteiger charge is -2.10. The number of benzene rings is 1. The highest BCUT2D eigenvalue weighted by Gasteiger charge is 2.01. The number of anilines is 1. The molecular formula is C11H16ClNO. The molecular weight excluding hydrogens is 198 g/mol. The molecule has 0 aliphatic heterocycles. The van der Waals surface area contributed by atoms with Gasteiger partial charge in [0.15, 0.2) is 0 Å². The lowest BCUT2D eigenvalue weighted by Crippen LogP contribution is -2.07. The van der Waals surface area contributed by atoms with Gasteiger partial charge in [0.05, 0.1) is 6.61 Å². The number of halogens is 1. The van der Waals surface area contributed by atoms with Gasteiger partial charge in [-0.2, -0.15) is 0 Å². The van der Waals surface area contributed by atoms with Gasteiger partial charge in [-0.25, -0.2) is 0 Å². The molecule has 0 radical (unpaired) electrons. The van der Waals surface area contributed by atoms with Gasteiger partial charge in [0, 0.05) is 17.3 Å². The number of aryl methyl sites for hydroxylation is 1. The number of hydrogen-bond donors (Lipinski definition) is 2. The number of rotatable bonds is 5. The quantitative estimate of drug-likeness (QED) is 0.789. The molecule has 0 unspecified atom stereocenters. The normalized spacial score (nSPS) is 10.2. The summed E-state index contributed by atoms with van der Waals surface area (Å²) in [5, 5.41) is 12.6. The molecule has 0 bridgehead atoms. The van der Waals surface area contributed by atoms with Gasteiger partial charge in [-0.15, -0.1) is 0 Å². The molecule has 1 rings (SSSR count). The number of aliphatic hydroxyl groups excluding tert-OH is 1. The maximum Gasteiger partial charge on any atom is 0.0604 e.